The normalized spacial score (nSPS) is 10.5. The molecule has 0 amide bonds. The van der Waals surface area contributed by atoms with Gasteiger partial charge in [0.25, 0.3) is 0 Å². The van der Waals surface area contributed by atoms with Gasteiger partial charge in [-0.05, 0) is 17.7 Å². The molecule has 23 heavy (non-hydrogen) atoms. The van der Waals surface area contributed by atoms with Crippen LogP contribution in [0.1, 0.15) is 16.2 Å². The second kappa shape index (κ2) is 6.44. The lowest BCUT2D eigenvalue weighted by molar-refractivity contribution is 0.111. The van der Waals surface area contributed by atoms with Crippen molar-refractivity contribution in [2.24, 2.45) is 7.05 Å². The topological polar surface area (TPSA) is 44.1 Å². The van der Waals surface area contributed by atoms with E-state index < -0.39 is 5.82 Å². The summed E-state index contributed by atoms with van der Waals surface area (Å²) in [6.45, 7) is 0.376. The predicted molar refractivity (Wildman–Crippen MR) is 84.8 cm³/mol. The summed E-state index contributed by atoms with van der Waals surface area (Å²) in [6, 6.07) is 14.3. The van der Waals surface area contributed by atoms with Crippen LogP contribution in [0.25, 0.3) is 11.3 Å². The summed E-state index contributed by atoms with van der Waals surface area (Å²) >= 11 is 0. The Balaban J connectivity index is 1.80. The molecule has 0 spiro atoms. The number of rotatable bonds is 5. The van der Waals surface area contributed by atoms with Gasteiger partial charge in [-0.25, -0.2) is 9.37 Å². The number of carbonyl (C=O) groups excluding carboxylic acids is 1. The third-order valence-corrected chi connectivity index (χ3v) is 3.59. The van der Waals surface area contributed by atoms with Crippen molar-refractivity contribution in [2.45, 2.75) is 6.61 Å². The molecule has 0 atom stereocenters. The molecule has 0 N–H and O–H groups in total. The average Bonchev–Trinajstić information content (AvgIpc) is 2.94. The fourth-order valence-electron chi connectivity index (χ4n) is 2.32. The van der Waals surface area contributed by atoms with Gasteiger partial charge in [-0.15, -0.1) is 0 Å². The quantitative estimate of drug-likeness (QED) is 0.676. The second-order valence-electron chi connectivity index (χ2n) is 5.09. The zero-order valence-corrected chi connectivity index (χ0v) is 12.6. The Hall–Kier alpha value is -2.95. The Morgan fingerprint density at radius 1 is 1.22 bits per heavy atom. The Morgan fingerprint density at radius 2 is 2.00 bits per heavy atom. The lowest BCUT2D eigenvalue weighted by Gasteiger charge is -2.09. The molecule has 0 radical (unpaired) electrons. The van der Waals surface area contributed by atoms with Gasteiger partial charge >= 0.3 is 0 Å². The van der Waals surface area contributed by atoms with E-state index in [4.69, 9.17) is 4.74 Å². The van der Waals surface area contributed by atoms with Gasteiger partial charge in [0.15, 0.2) is 12.1 Å². The van der Waals surface area contributed by atoms with Crippen LogP contribution < -0.4 is 4.74 Å². The van der Waals surface area contributed by atoms with Crippen molar-refractivity contribution in [3.63, 3.8) is 0 Å². The van der Waals surface area contributed by atoms with Crippen LogP contribution >= 0.6 is 0 Å². The van der Waals surface area contributed by atoms with Gasteiger partial charge in [0.2, 0.25) is 0 Å². The van der Waals surface area contributed by atoms with Crippen LogP contribution in [0.3, 0.4) is 0 Å². The summed E-state index contributed by atoms with van der Waals surface area (Å²) in [6.07, 6.45) is 2.12. The monoisotopic (exact) mass is 310 g/mol. The number of hydrogen-bond donors (Lipinski definition) is 0. The summed E-state index contributed by atoms with van der Waals surface area (Å²) in [4.78, 5) is 14.8. The summed E-state index contributed by atoms with van der Waals surface area (Å²) in [5.41, 5.74) is 1.93. The van der Waals surface area contributed by atoms with E-state index in [0.717, 1.165) is 5.56 Å². The Bertz CT molecular complexity index is 828. The minimum atomic E-state index is -0.420. The number of carbonyl (C=O) groups is 1. The minimum absolute atomic E-state index is 0.254. The maximum absolute atomic E-state index is 14.3. The van der Waals surface area contributed by atoms with Crippen LogP contribution in [-0.4, -0.2) is 15.8 Å². The molecular weight excluding hydrogens is 295 g/mol. The van der Waals surface area contributed by atoms with Crippen LogP contribution in [0.4, 0.5) is 4.39 Å². The molecule has 2 aromatic carbocycles. The number of halogens is 1. The van der Waals surface area contributed by atoms with Crippen LogP contribution in [0.5, 0.6) is 5.75 Å². The number of nitrogens with zero attached hydrogens (tertiary/aromatic N) is 2. The van der Waals surface area contributed by atoms with E-state index in [1.54, 1.807) is 23.7 Å². The van der Waals surface area contributed by atoms with Gasteiger partial charge in [0.05, 0.1) is 11.9 Å². The van der Waals surface area contributed by atoms with E-state index in [0.29, 0.717) is 29.9 Å². The van der Waals surface area contributed by atoms with E-state index in [9.17, 15) is 9.18 Å². The lowest BCUT2D eigenvalue weighted by Crippen LogP contribution is -2.00. The molecule has 0 aliphatic rings. The van der Waals surface area contributed by atoms with Crippen LogP contribution in [0.15, 0.2) is 54.7 Å². The summed E-state index contributed by atoms with van der Waals surface area (Å²) < 4.78 is 21.5. The third-order valence-electron chi connectivity index (χ3n) is 3.59. The van der Waals surface area contributed by atoms with Gasteiger partial charge < -0.3 is 9.30 Å². The SMILES string of the molecule is Cn1c(-c2ccc(OCc3ccccc3)cc2F)cnc1C=O. The number of aromatic nitrogens is 2. The van der Waals surface area contributed by atoms with E-state index >= 15 is 0 Å². The fourth-order valence-corrected chi connectivity index (χ4v) is 2.32. The number of benzene rings is 2. The highest BCUT2D eigenvalue weighted by Crippen LogP contribution is 2.26. The predicted octanol–water partition coefficient (Wildman–Crippen LogP) is 3.62. The second-order valence-corrected chi connectivity index (χ2v) is 5.09. The van der Waals surface area contributed by atoms with Crippen LogP contribution in [0.2, 0.25) is 0 Å². The van der Waals surface area contributed by atoms with E-state index in [-0.39, 0.29) is 5.82 Å². The molecule has 0 aliphatic carbocycles. The highest BCUT2D eigenvalue weighted by atomic mass is 19.1. The molecule has 0 bridgehead atoms. The smallest absolute Gasteiger partial charge is 0.185 e. The van der Waals surface area contributed by atoms with E-state index in [1.165, 1.54) is 12.3 Å². The molecule has 3 aromatic rings. The van der Waals surface area contributed by atoms with Crippen molar-refractivity contribution in [3.05, 3.63) is 71.9 Å². The van der Waals surface area contributed by atoms with Crippen molar-refractivity contribution >= 4 is 6.29 Å². The first-order valence-corrected chi connectivity index (χ1v) is 7.12. The molecule has 4 nitrogen and oxygen atoms in total. The first-order valence-electron chi connectivity index (χ1n) is 7.12. The third kappa shape index (κ3) is 3.13. The molecule has 0 saturated carbocycles. The maximum Gasteiger partial charge on any atom is 0.185 e. The molecule has 116 valence electrons. The highest BCUT2D eigenvalue weighted by molar-refractivity contribution is 5.73. The molecule has 0 fully saturated rings. The van der Waals surface area contributed by atoms with Gasteiger partial charge in [0.1, 0.15) is 18.2 Å². The van der Waals surface area contributed by atoms with Gasteiger partial charge in [0, 0.05) is 18.7 Å². The molecule has 0 aliphatic heterocycles. The van der Waals surface area contributed by atoms with Crippen molar-refractivity contribution < 1.29 is 13.9 Å². The number of hydrogen-bond acceptors (Lipinski definition) is 3. The molecular formula is C18H15FN2O2. The Labute approximate surface area is 133 Å². The van der Waals surface area contributed by atoms with Crippen molar-refractivity contribution in [2.75, 3.05) is 0 Å². The van der Waals surface area contributed by atoms with Crippen LogP contribution in [0, 0.1) is 5.82 Å². The van der Waals surface area contributed by atoms with Crippen molar-refractivity contribution in [1.82, 2.24) is 9.55 Å². The first kappa shape index (κ1) is 15.0. The average molecular weight is 310 g/mol. The highest BCUT2D eigenvalue weighted by Gasteiger charge is 2.13. The number of imidazole rings is 1. The van der Waals surface area contributed by atoms with Gasteiger partial charge in [-0.2, -0.15) is 0 Å². The van der Waals surface area contributed by atoms with Crippen molar-refractivity contribution in [3.8, 4) is 17.0 Å². The number of ether oxygens (including phenoxy) is 1. The molecule has 0 saturated heterocycles. The molecule has 1 heterocycles. The van der Waals surface area contributed by atoms with Crippen LogP contribution in [-0.2, 0) is 13.7 Å². The largest absolute Gasteiger partial charge is 0.489 e. The lowest BCUT2D eigenvalue weighted by atomic mass is 10.1. The van der Waals surface area contributed by atoms with Crippen molar-refractivity contribution in [1.29, 1.82) is 0 Å². The minimum Gasteiger partial charge on any atom is -0.489 e. The molecule has 3 rings (SSSR count). The standard InChI is InChI=1S/C18H15FN2O2/c1-21-17(10-20-18(21)11-22)15-8-7-14(9-16(15)19)23-12-13-5-3-2-4-6-13/h2-11H,12H2,1H3. The zero-order chi connectivity index (χ0) is 16.2. The number of aldehydes is 1. The molecule has 5 heteroatoms. The molecule has 0 unspecified atom stereocenters. The summed E-state index contributed by atoms with van der Waals surface area (Å²) in [5.74, 6) is 0.285. The van der Waals surface area contributed by atoms with Gasteiger partial charge in [-0.1, -0.05) is 30.3 Å². The maximum atomic E-state index is 14.3. The zero-order valence-electron chi connectivity index (χ0n) is 12.6. The van der Waals surface area contributed by atoms with E-state index in [1.807, 2.05) is 30.3 Å². The molecule has 1 aromatic heterocycles. The Kier molecular flexibility index (Phi) is 4.19. The Morgan fingerprint density at radius 3 is 2.65 bits per heavy atom. The first-order chi connectivity index (χ1) is 11.2. The fraction of sp³-hybridized carbons (Fsp3) is 0.111. The van der Waals surface area contributed by atoms with Gasteiger partial charge in [-0.3, -0.25) is 4.79 Å². The summed E-state index contributed by atoms with van der Waals surface area (Å²) in [7, 11) is 1.67. The van der Waals surface area contributed by atoms with E-state index in [2.05, 4.69) is 4.98 Å². The summed E-state index contributed by atoms with van der Waals surface area (Å²) in [5, 5.41) is 0.